The van der Waals surface area contributed by atoms with Crippen molar-refractivity contribution in [2.45, 2.75) is 6.92 Å². The Morgan fingerprint density at radius 1 is 1.33 bits per heavy atom. The summed E-state index contributed by atoms with van der Waals surface area (Å²) in [6.07, 6.45) is 1.68. The second-order valence-corrected chi connectivity index (χ2v) is 4.64. The fourth-order valence-corrected chi connectivity index (χ4v) is 1.69. The summed E-state index contributed by atoms with van der Waals surface area (Å²) in [7, 11) is 1.54. The van der Waals surface area contributed by atoms with Gasteiger partial charge in [0.05, 0.1) is 12.8 Å². The van der Waals surface area contributed by atoms with Gasteiger partial charge in [-0.25, -0.2) is 9.37 Å². The standard InChI is InChI=1S/C13H12BrFN2O/c1-8-5-13(16-7-10(8)14)17-12-6-9(18-2)3-4-11(12)15/h3-7H,1-2H3,(H,16,17). The number of halogens is 2. The van der Waals surface area contributed by atoms with Crippen molar-refractivity contribution in [2.75, 3.05) is 12.4 Å². The lowest BCUT2D eigenvalue weighted by atomic mass is 10.2. The average molecular weight is 311 g/mol. The van der Waals surface area contributed by atoms with Gasteiger partial charge in [0, 0.05) is 16.7 Å². The van der Waals surface area contributed by atoms with Crippen LogP contribution in [0.1, 0.15) is 5.56 Å². The summed E-state index contributed by atoms with van der Waals surface area (Å²) in [5.41, 5.74) is 1.36. The molecule has 0 spiro atoms. The number of nitrogens with one attached hydrogen (secondary N) is 1. The summed E-state index contributed by atoms with van der Waals surface area (Å²) in [5, 5.41) is 2.93. The van der Waals surface area contributed by atoms with Gasteiger partial charge >= 0.3 is 0 Å². The number of hydrogen-bond donors (Lipinski definition) is 1. The Labute approximate surface area is 113 Å². The van der Waals surface area contributed by atoms with E-state index in [1.54, 1.807) is 25.4 Å². The molecule has 3 nitrogen and oxygen atoms in total. The van der Waals surface area contributed by atoms with Crippen LogP contribution in [0.3, 0.4) is 0 Å². The van der Waals surface area contributed by atoms with E-state index < -0.39 is 0 Å². The predicted octanol–water partition coefficient (Wildman–Crippen LogP) is 4.04. The van der Waals surface area contributed by atoms with Crippen LogP contribution in [0.2, 0.25) is 0 Å². The van der Waals surface area contributed by atoms with Gasteiger partial charge in [0.2, 0.25) is 0 Å². The minimum absolute atomic E-state index is 0.337. The topological polar surface area (TPSA) is 34.1 Å². The molecule has 0 radical (unpaired) electrons. The number of hydrogen-bond acceptors (Lipinski definition) is 3. The number of pyridine rings is 1. The molecule has 2 aromatic rings. The van der Waals surface area contributed by atoms with Crippen LogP contribution in [0, 0.1) is 12.7 Å². The van der Waals surface area contributed by atoms with Gasteiger partial charge in [-0.3, -0.25) is 0 Å². The zero-order valence-electron chi connectivity index (χ0n) is 10.00. The van der Waals surface area contributed by atoms with Crippen molar-refractivity contribution in [3.05, 3.63) is 46.3 Å². The quantitative estimate of drug-likeness (QED) is 0.929. The van der Waals surface area contributed by atoms with E-state index in [4.69, 9.17) is 4.74 Å². The third-order valence-corrected chi connectivity index (χ3v) is 3.31. The molecule has 1 aromatic heterocycles. The Kier molecular flexibility index (Phi) is 3.81. The van der Waals surface area contributed by atoms with E-state index in [-0.39, 0.29) is 5.82 Å². The molecule has 0 saturated carbocycles. The Hall–Kier alpha value is -1.62. The van der Waals surface area contributed by atoms with Crippen molar-refractivity contribution in [1.29, 1.82) is 0 Å². The average Bonchev–Trinajstić information content (AvgIpc) is 2.36. The maximum absolute atomic E-state index is 13.6. The summed E-state index contributed by atoms with van der Waals surface area (Å²) >= 11 is 3.37. The molecule has 0 aliphatic carbocycles. The molecule has 1 aromatic carbocycles. The van der Waals surface area contributed by atoms with Crippen LogP contribution in [0.4, 0.5) is 15.9 Å². The van der Waals surface area contributed by atoms with Gasteiger partial charge < -0.3 is 10.1 Å². The van der Waals surface area contributed by atoms with Crippen molar-refractivity contribution >= 4 is 27.4 Å². The summed E-state index contributed by atoms with van der Waals surface area (Å²) in [6, 6.07) is 6.35. The number of aromatic nitrogens is 1. The Balaban J connectivity index is 2.30. The zero-order valence-corrected chi connectivity index (χ0v) is 11.6. The Bertz CT molecular complexity index is 575. The SMILES string of the molecule is COc1ccc(F)c(Nc2cc(C)c(Br)cn2)c1. The van der Waals surface area contributed by atoms with E-state index in [1.807, 2.05) is 13.0 Å². The number of anilines is 2. The van der Waals surface area contributed by atoms with Crippen LogP contribution >= 0.6 is 15.9 Å². The Morgan fingerprint density at radius 2 is 2.11 bits per heavy atom. The molecule has 1 heterocycles. The number of ether oxygens (including phenoxy) is 1. The molecule has 0 atom stereocenters. The van der Waals surface area contributed by atoms with Gasteiger partial charge in [0.1, 0.15) is 17.4 Å². The lowest BCUT2D eigenvalue weighted by molar-refractivity contribution is 0.414. The van der Waals surface area contributed by atoms with Crippen molar-refractivity contribution in [1.82, 2.24) is 4.98 Å². The van der Waals surface area contributed by atoms with Gasteiger partial charge in [-0.15, -0.1) is 0 Å². The third-order valence-electron chi connectivity index (χ3n) is 2.48. The van der Waals surface area contributed by atoms with E-state index in [0.29, 0.717) is 17.3 Å². The fraction of sp³-hybridized carbons (Fsp3) is 0.154. The first kappa shape index (κ1) is 12.8. The van der Waals surface area contributed by atoms with Crippen LogP contribution in [0.5, 0.6) is 5.75 Å². The van der Waals surface area contributed by atoms with E-state index in [1.165, 1.54) is 6.07 Å². The minimum Gasteiger partial charge on any atom is -0.497 e. The molecular formula is C13H12BrFN2O. The molecule has 0 bridgehead atoms. The first-order chi connectivity index (χ1) is 8.60. The molecule has 1 N–H and O–H groups in total. The molecule has 0 amide bonds. The highest BCUT2D eigenvalue weighted by Gasteiger charge is 2.06. The molecule has 5 heteroatoms. The van der Waals surface area contributed by atoms with Crippen molar-refractivity contribution < 1.29 is 9.13 Å². The van der Waals surface area contributed by atoms with E-state index in [9.17, 15) is 4.39 Å². The van der Waals surface area contributed by atoms with Gasteiger partial charge in [-0.1, -0.05) is 0 Å². The van der Waals surface area contributed by atoms with Crippen molar-refractivity contribution in [3.8, 4) is 5.75 Å². The van der Waals surface area contributed by atoms with Gasteiger partial charge in [-0.2, -0.15) is 0 Å². The van der Waals surface area contributed by atoms with Gasteiger partial charge in [0.25, 0.3) is 0 Å². The maximum Gasteiger partial charge on any atom is 0.146 e. The Morgan fingerprint density at radius 3 is 2.78 bits per heavy atom. The molecule has 0 saturated heterocycles. The molecule has 0 fully saturated rings. The summed E-state index contributed by atoms with van der Waals surface area (Å²) < 4.78 is 19.6. The fourth-order valence-electron chi connectivity index (χ4n) is 1.47. The number of methoxy groups -OCH3 is 1. The normalized spacial score (nSPS) is 10.2. The highest BCUT2D eigenvalue weighted by atomic mass is 79.9. The van der Waals surface area contributed by atoms with E-state index in [2.05, 4.69) is 26.2 Å². The second kappa shape index (κ2) is 5.35. The first-order valence-corrected chi connectivity index (χ1v) is 6.12. The molecular weight excluding hydrogens is 299 g/mol. The smallest absolute Gasteiger partial charge is 0.146 e. The van der Waals surface area contributed by atoms with Gasteiger partial charge in [0.15, 0.2) is 0 Å². The van der Waals surface area contributed by atoms with Crippen LogP contribution in [-0.4, -0.2) is 12.1 Å². The number of nitrogens with zero attached hydrogens (tertiary/aromatic N) is 1. The lowest BCUT2D eigenvalue weighted by Crippen LogP contribution is -1.97. The zero-order chi connectivity index (χ0) is 13.1. The summed E-state index contributed by atoms with van der Waals surface area (Å²) in [4.78, 5) is 4.17. The van der Waals surface area contributed by atoms with Crippen LogP contribution in [-0.2, 0) is 0 Å². The van der Waals surface area contributed by atoms with Gasteiger partial charge in [-0.05, 0) is 46.6 Å². The summed E-state index contributed by atoms with van der Waals surface area (Å²) in [6.45, 7) is 1.94. The van der Waals surface area contributed by atoms with Crippen molar-refractivity contribution in [2.24, 2.45) is 0 Å². The first-order valence-electron chi connectivity index (χ1n) is 5.33. The maximum atomic E-state index is 13.6. The monoisotopic (exact) mass is 310 g/mol. The largest absolute Gasteiger partial charge is 0.497 e. The van der Waals surface area contributed by atoms with Crippen LogP contribution in [0.25, 0.3) is 0 Å². The molecule has 0 aliphatic rings. The molecule has 2 rings (SSSR count). The highest BCUT2D eigenvalue weighted by Crippen LogP contribution is 2.25. The second-order valence-electron chi connectivity index (χ2n) is 3.79. The molecule has 0 unspecified atom stereocenters. The number of aryl methyl sites for hydroxylation is 1. The molecule has 0 aliphatic heterocycles. The number of benzene rings is 1. The molecule has 94 valence electrons. The van der Waals surface area contributed by atoms with Crippen molar-refractivity contribution in [3.63, 3.8) is 0 Å². The summed E-state index contributed by atoms with van der Waals surface area (Å²) in [5.74, 6) is 0.828. The van der Waals surface area contributed by atoms with Crippen LogP contribution < -0.4 is 10.1 Å². The predicted molar refractivity (Wildman–Crippen MR) is 72.9 cm³/mol. The van der Waals surface area contributed by atoms with E-state index >= 15 is 0 Å². The van der Waals surface area contributed by atoms with E-state index in [0.717, 1.165) is 10.0 Å². The lowest BCUT2D eigenvalue weighted by Gasteiger charge is -2.09. The highest BCUT2D eigenvalue weighted by molar-refractivity contribution is 9.10. The van der Waals surface area contributed by atoms with Crippen LogP contribution in [0.15, 0.2) is 34.9 Å². The minimum atomic E-state index is -0.349. The number of rotatable bonds is 3. The molecule has 18 heavy (non-hydrogen) atoms. The third kappa shape index (κ3) is 2.79.